The molecular formula is C24H21FN4O2S. The number of rotatable bonds is 9. The molecule has 0 aliphatic rings. The van der Waals surface area contributed by atoms with Crippen molar-refractivity contribution in [2.75, 3.05) is 11.1 Å². The number of halogens is 1. The van der Waals surface area contributed by atoms with E-state index < -0.39 is 0 Å². The monoisotopic (exact) mass is 448 g/mol. The normalized spacial score (nSPS) is 10.8. The van der Waals surface area contributed by atoms with E-state index in [0.29, 0.717) is 23.2 Å². The molecule has 0 atom stereocenters. The Hall–Kier alpha value is -3.65. The van der Waals surface area contributed by atoms with Crippen molar-refractivity contribution in [2.24, 2.45) is 0 Å². The number of carbonyl (C=O) groups excluding carboxylic acids is 1. The summed E-state index contributed by atoms with van der Waals surface area (Å²) in [4.78, 5) is 12.3. The number of ether oxygens (including phenoxy) is 1. The third-order valence-electron chi connectivity index (χ3n) is 4.67. The number of aromatic nitrogens is 3. The molecule has 1 aromatic heterocycles. The van der Waals surface area contributed by atoms with Crippen molar-refractivity contribution in [3.8, 4) is 5.75 Å². The van der Waals surface area contributed by atoms with Gasteiger partial charge in [0.05, 0.1) is 5.75 Å². The van der Waals surface area contributed by atoms with Crippen molar-refractivity contribution >= 4 is 34.1 Å². The predicted octanol–water partition coefficient (Wildman–Crippen LogP) is 5.07. The van der Waals surface area contributed by atoms with Crippen molar-refractivity contribution in [1.29, 1.82) is 0 Å². The molecule has 0 bridgehead atoms. The zero-order valence-electron chi connectivity index (χ0n) is 17.2. The van der Waals surface area contributed by atoms with Gasteiger partial charge in [0.15, 0.2) is 11.0 Å². The first-order chi connectivity index (χ1) is 15.6. The van der Waals surface area contributed by atoms with Gasteiger partial charge in [0, 0.05) is 17.6 Å². The predicted molar refractivity (Wildman–Crippen MR) is 124 cm³/mol. The van der Waals surface area contributed by atoms with Gasteiger partial charge < -0.3 is 10.1 Å². The van der Waals surface area contributed by atoms with Crippen LogP contribution in [0.3, 0.4) is 0 Å². The first-order valence-electron chi connectivity index (χ1n) is 9.96. The molecule has 6 nitrogen and oxygen atoms in total. The first kappa shape index (κ1) is 21.6. The quantitative estimate of drug-likeness (QED) is 0.286. The van der Waals surface area contributed by atoms with E-state index in [0.717, 1.165) is 16.5 Å². The highest BCUT2D eigenvalue weighted by atomic mass is 32.2. The Balaban J connectivity index is 1.42. The summed E-state index contributed by atoms with van der Waals surface area (Å²) in [6.45, 7) is 4.52. The maximum Gasteiger partial charge on any atom is 0.234 e. The molecule has 0 saturated carbocycles. The number of hydrogen-bond acceptors (Lipinski definition) is 5. The standard InChI is InChI=1S/C24H21FN4O2S/c1-2-14-29-22(15-31-21-9-5-7-17-6-3-4-8-20(17)21)27-28-24(29)32-16-23(30)26-19-12-10-18(25)11-13-19/h2-13H,1,14-16H2,(H,26,30). The molecule has 0 fully saturated rings. The maximum atomic E-state index is 13.0. The number of benzene rings is 3. The number of hydrogen-bond donors (Lipinski definition) is 1. The van der Waals surface area contributed by atoms with E-state index in [1.165, 1.54) is 36.0 Å². The zero-order chi connectivity index (χ0) is 22.3. The molecule has 0 radical (unpaired) electrons. The SMILES string of the molecule is C=CCn1c(COc2cccc3ccccc23)nnc1SCC(=O)Nc1ccc(F)cc1. The second-order valence-electron chi connectivity index (χ2n) is 6.91. The summed E-state index contributed by atoms with van der Waals surface area (Å²) in [6, 6.07) is 19.5. The Morgan fingerprint density at radius 2 is 1.88 bits per heavy atom. The number of amides is 1. The molecule has 0 aliphatic heterocycles. The highest BCUT2D eigenvalue weighted by Crippen LogP contribution is 2.26. The van der Waals surface area contributed by atoms with Crippen LogP contribution in [0.5, 0.6) is 5.75 Å². The summed E-state index contributed by atoms with van der Waals surface area (Å²) in [5.41, 5.74) is 0.536. The molecule has 0 spiro atoms. The molecule has 0 aliphatic carbocycles. The van der Waals surface area contributed by atoms with Gasteiger partial charge >= 0.3 is 0 Å². The fourth-order valence-corrected chi connectivity index (χ4v) is 3.94. The van der Waals surface area contributed by atoms with Gasteiger partial charge in [-0.1, -0.05) is 54.2 Å². The van der Waals surface area contributed by atoms with Crippen LogP contribution >= 0.6 is 11.8 Å². The van der Waals surface area contributed by atoms with Gasteiger partial charge in [-0.3, -0.25) is 9.36 Å². The summed E-state index contributed by atoms with van der Waals surface area (Å²) >= 11 is 1.26. The lowest BCUT2D eigenvalue weighted by atomic mass is 10.1. The molecule has 32 heavy (non-hydrogen) atoms. The lowest BCUT2D eigenvalue weighted by Crippen LogP contribution is -2.15. The lowest BCUT2D eigenvalue weighted by molar-refractivity contribution is -0.113. The Bertz CT molecular complexity index is 1240. The zero-order valence-corrected chi connectivity index (χ0v) is 18.0. The fraction of sp³-hybridized carbons (Fsp3) is 0.125. The molecule has 162 valence electrons. The smallest absolute Gasteiger partial charge is 0.234 e. The van der Waals surface area contributed by atoms with Gasteiger partial charge in [0.25, 0.3) is 0 Å². The third-order valence-corrected chi connectivity index (χ3v) is 5.64. The van der Waals surface area contributed by atoms with E-state index in [-0.39, 0.29) is 24.1 Å². The van der Waals surface area contributed by atoms with Gasteiger partial charge in [-0.2, -0.15) is 0 Å². The summed E-state index contributed by atoms with van der Waals surface area (Å²) in [6.07, 6.45) is 1.74. The van der Waals surface area contributed by atoms with Crippen LogP contribution in [0.1, 0.15) is 5.82 Å². The van der Waals surface area contributed by atoms with Crippen LogP contribution in [-0.4, -0.2) is 26.4 Å². The average molecular weight is 449 g/mol. The van der Waals surface area contributed by atoms with Crippen molar-refractivity contribution in [2.45, 2.75) is 18.3 Å². The molecule has 4 rings (SSSR count). The van der Waals surface area contributed by atoms with Crippen LogP contribution in [0.4, 0.5) is 10.1 Å². The van der Waals surface area contributed by atoms with E-state index >= 15 is 0 Å². The molecule has 1 heterocycles. The van der Waals surface area contributed by atoms with Crippen molar-refractivity contribution in [1.82, 2.24) is 14.8 Å². The average Bonchev–Trinajstić information content (AvgIpc) is 3.19. The van der Waals surface area contributed by atoms with Gasteiger partial charge in [0.1, 0.15) is 18.2 Å². The van der Waals surface area contributed by atoms with Crippen LogP contribution in [-0.2, 0) is 17.9 Å². The van der Waals surface area contributed by atoms with Crippen LogP contribution in [0.2, 0.25) is 0 Å². The molecule has 3 aromatic carbocycles. The van der Waals surface area contributed by atoms with Gasteiger partial charge in [-0.25, -0.2) is 4.39 Å². The summed E-state index contributed by atoms with van der Waals surface area (Å²) in [5.74, 6) is 0.969. The summed E-state index contributed by atoms with van der Waals surface area (Å²) in [5, 5.41) is 13.9. The number of thioether (sulfide) groups is 1. The lowest BCUT2D eigenvalue weighted by Gasteiger charge is -2.11. The second-order valence-corrected chi connectivity index (χ2v) is 7.85. The number of allylic oxidation sites excluding steroid dienone is 1. The number of nitrogens with one attached hydrogen (secondary N) is 1. The Morgan fingerprint density at radius 3 is 2.69 bits per heavy atom. The number of carbonyl (C=O) groups is 1. The van der Waals surface area contributed by atoms with Crippen LogP contribution in [0, 0.1) is 5.82 Å². The fourth-order valence-electron chi connectivity index (χ4n) is 3.17. The molecule has 8 heteroatoms. The largest absolute Gasteiger partial charge is 0.485 e. The minimum atomic E-state index is -0.354. The highest BCUT2D eigenvalue weighted by molar-refractivity contribution is 7.99. The molecule has 4 aromatic rings. The van der Waals surface area contributed by atoms with Crippen LogP contribution in [0.25, 0.3) is 10.8 Å². The minimum absolute atomic E-state index is 0.136. The summed E-state index contributed by atoms with van der Waals surface area (Å²) < 4.78 is 20.9. The van der Waals surface area contributed by atoms with Crippen molar-refractivity contribution in [3.05, 3.63) is 91.0 Å². The topological polar surface area (TPSA) is 69.0 Å². The Morgan fingerprint density at radius 1 is 1.09 bits per heavy atom. The van der Waals surface area contributed by atoms with Crippen molar-refractivity contribution in [3.63, 3.8) is 0 Å². The highest BCUT2D eigenvalue weighted by Gasteiger charge is 2.15. The Labute approximate surface area is 189 Å². The number of nitrogens with zero attached hydrogens (tertiary/aromatic N) is 3. The van der Waals surface area contributed by atoms with E-state index in [1.54, 1.807) is 6.08 Å². The van der Waals surface area contributed by atoms with Gasteiger partial charge in [0.2, 0.25) is 5.91 Å². The van der Waals surface area contributed by atoms with E-state index in [4.69, 9.17) is 4.74 Å². The van der Waals surface area contributed by atoms with Crippen LogP contribution in [0.15, 0.2) is 84.5 Å². The molecule has 1 N–H and O–H groups in total. The molecular weight excluding hydrogens is 427 g/mol. The molecule has 0 saturated heterocycles. The second kappa shape index (κ2) is 10.1. The Kier molecular flexibility index (Phi) is 6.81. The third kappa shape index (κ3) is 5.15. The van der Waals surface area contributed by atoms with Crippen molar-refractivity contribution < 1.29 is 13.9 Å². The minimum Gasteiger partial charge on any atom is -0.485 e. The van der Waals surface area contributed by atoms with Crippen LogP contribution < -0.4 is 10.1 Å². The molecule has 0 unspecified atom stereocenters. The first-order valence-corrected chi connectivity index (χ1v) is 10.9. The van der Waals surface area contributed by atoms with E-state index in [2.05, 4.69) is 22.1 Å². The maximum absolute atomic E-state index is 13.0. The summed E-state index contributed by atoms with van der Waals surface area (Å²) in [7, 11) is 0. The van der Waals surface area contributed by atoms with E-state index in [9.17, 15) is 9.18 Å². The molecule has 1 amide bonds. The van der Waals surface area contributed by atoms with E-state index in [1.807, 2.05) is 47.0 Å². The number of anilines is 1. The van der Waals surface area contributed by atoms with Gasteiger partial charge in [-0.05, 0) is 35.7 Å². The number of fused-ring (bicyclic) bond motifs is 1. The van der Waals surface area contributed by atoms with Gasteiger partial charge in [-0.15, -0.1) is 16.8 Å².